The number of rotatable bonds is 6. The van der Waals surface area contributed by atoms with Crippen LogP contribution in [0, 0.1) is 60.4 Å². The number of carbonyl (C=O) groups excluding carboxylic acids is 3. The van der Waals surface area contributed by atoms with Crippen LogP contribution in [0.1, 0.15) is 113 Å². The first-order valence-corrected chi connectivity index (χ1v) is 16.8. The number of allylic oxidation sites excluding steroid dienone is 2. The highest BCUT2D eigenvalue weighted by atomic mass is 17.0. The summed E-state index contributed by atoms with van der Waals surface area (Å²) in [4.78, 5) is 56.5. The molecule has 45 heavy (non-hydrogen) atoms. The Morgan fingerprint density at radius 2 is 1.64 bits per heavy atom. The minimum atomic E-state index is -0.655. The van der Waals surface area contributed by atoms with E-state index in [4.69, 9.17) is 14.7 Å². The molecule has 9 atom stereocenters. The molecule has 2 N–H and O–H groups in total. The summed E-state index contributed by atoms with van der Waals surface area (Å²) in [7, 11) is 1.00. The number of nitrogens with zero attached hydrogens (tertiary/aromatic N) is 1. The summed E-state index contributed by atoms with van der Waals surface area (Å²) in [5, 5.41) is 20.5. The van der Waals surface area contributed by atoms with E-state index in [9.17, 15) is 24.5 Å². The third-order valence-corrected chi connectivity index (χ3v) is 14.0. The maximum atomic E-state index is 14.5. The van der Waals surface area contributed by atoms with Crippen molar-refractivity contribution in [3.8, 4) is 0 Å². The van der Waals surface area contributed by atoms with Crippen LogP contribution in [0.3, 0.4) is 0 Å². The lowest BCUT2D eigenvalue weighted by atomic mass is 9.33. The van der Waals surface area contributed by atoms with E-state index in [1.54, 1.807) is 6.92 Å². The molecule has 4 fully saturated rings. The van der Waals surface area contributed by atoms with Crippen molar-refractivity contribution >= 4 is 17.7 Å². The number of amides is 1. The second-order valence-corrected chi connectivity index (χ2v) is 16.4. The monoisotopic (exact) mass is 632 g/mol. The lowest BCUT2D eigenvalue weighted by Gasteiger charge is -2.70. The second kappa shape index (κ2) is 11.9. The molecule has 5 rings (SSSR count). The zero-order valence-corrected chi connectivity index (χ0v) is 28.9. The Labute approximate surface area is 268 Å². The van der Waals surface area contributed by atoms with Gasteiger partial charge < -0.3 is 20.0 Å². The molecular weight excluding hydrogens is 576 g/mol. The fourth-order valence-corrected chi connectivity index (χ4v) is 11.2. The zero-order valence-electron chi connectivity index (χ0n) is 28.9. The van der Waals surface area contributed by atoms with Crippen LogP contribution in [-0.4, -0.2) is 54.2 Å². The summed E-state index contributed by atoms with van der Waals surface area (Å²) < 4.78 is 5.02. The van der Waals surface area contributed by atoms with Crippen LogP contribution in [-0.2, 0) is 24.0 Å². The number of carbonyl (C=O) groups is 3. The van der Waals surface area contributed by atoms with Crippen LogP contribution < -0.4 is 5.32 Å². The Morgan fingerprint density at radius 3 is 2.27 bits per heavy atom. The van der Waals surface area contributed by atoms with E-state index in [-0.39, 0.29) is 64.3 Å². The maximum absolute atomic E-state index is 14.5. The molecule has 254 valence electrons. The first-order chi connectivity index (χ1) is 20.9. The fourth-order valence-electron chi connectivity index (χ4n) is 11.2. The Bertz CT molecular complexity index is 1250. The van der Waals surface area contributed by atoms with Crippen molar-refractivity contribution in [2.24, 2.45) is 50.2 Å². The van der Waals surface area contributed by atoms with Crippen molar-refractivity contribution in [3.63, 3.8) is 0 Å². The molecule has 0 aromatic heterocycles. The van der Waals surface area contributed by atoms with Crippen molar-refractivity contribution < 1.29 is 34.2 Å². The number of aliphatic hydroxyl groups excluding tert-OH is 1. The normalized spacial score (nSPS) is 43.0. The van der Waals surface area contributed by atoms with Crippen molar-refractivity contribution in [3.05, 3.63) is 21.8 Å². The Balaban J connectivity index is 0.00000226. The number of fused-ring (bicyclic) bond motifs is 7. The highest BCUT2D eigenvalue weighted by Crippen LogP contribution is 2.75. The van der Waals surface area contributed by atoms with E-state index >= 15 is 0 Å². The van der Waals surface area contributed by atoms with Crippen LogP contribution in [0.15, 0.2) is 11.6 Å². The Morgan fingerprint density at radius 1 is 1.00 bits per heavy atom. The van der Waals surface area contributed by atoms with Gasteiger partial charge in [-0.05, 0) is 110 Å². The van der Waals surface area contributed by atoms with Gasteiger partial charge in [0.1, 0.15) is 12.6 Å². The molecule has 0 spiro atoms. The minimum absolute atomic E-state index is 0.0107. The molecule has 10 heteroatoms. The fraction of sp³-hybridized carbons (Fsp3) is 0.857. The quantitative estimate of drug-likeness (QED) is 0.211. The number of esters is 1. The number of hydrogen-bond acceptors (Lipinski definition) is 8. The number of hydrogen-bond donors (Lipinski definition) is 2. The van der Waals surface area contributed by atoms with E-state index in [1.807, 2.05) is 13.0 Å². The number of nitrogens with one attached hydrogen (secondary N) is 1. The van der Waals surface area contributed by atoms with Gasteiger partial charge in [-0.25, -0.2) is 0 Å². The summed E-state index contributed by atoms with van der Waals surface area (Å²) in [5.41, 5.74) is -0.573. The summed E-state index contributed by atoms with van der Waals surface area (Å²) in [6.45, 7) is 17.4. The van der Waals surface area contributed by atoms with Crippen LogP contribution in [0.2, 0.25) is 0 Å². The van der Waals surface area contributed by atoms with Crippen LogP contribution >= 0.6 is 0 Å². The standard InChI is InChI=1S/C34H52N2O7.CH4O/c1-9-42-26(38)20-35-28(39)31(5)15-14-30(4)16-17-33(7)21(22(30)19-31)18-23(37)27-32(6)12-11-25(43-36(40)41)29(2,3)24(32)10-13-34(27,33)8;1-2/h18,22,24-25,27H,9-17,19-20H2,1-8H3,(H,35,39);2H,1H3/t22-,24-,25-,27+,30+,31-,32-,33+,34+;/m0./s1. The molecule has 4 saturated carbocycles. The number of aliphatic hydroxyl groups is 1. The molecule has 0 bridgehead atoms. The van der Waals surface area contributed by atoms with Crippen LogP contribution in [0.5, 0.6) is 0 Å². The number of ketones is 1. The Kier molecular flexibility index (Phi) is 9.39. The van der Waals surface area contributed by atoms with Gasteiger partial charge in [0.05, 0.1) is 6.61 Å². The van der Waals surface area contributed by atoms with Gasteiger partial charge in [0, 0.05) is 18.4 Å². The summed E-state index contributed by atoms with van der Waals surface area (Å²) in [6.07, 6.45) is 8.93. The van der Waals surface area contributed by atoms with Crippen molar-refractivity contribution in [2.45, 2.75) is 119 Å². The predicted molar refractivity (Wildman–Crippen MR) is 169 cm³/mol. The van der Waals surface area contributed by atoms with Gasteiger partial charge in [0.2, 0.25) is 5.91 Å². The molecule has 5 aliphatic rings. The highest BCUT2D eigenvalue weighted by Gasteiger charge is 2.70. The van der Waals surface area contributed by atoms with Crippen molar-refractivity contribution in [1.82, 2.24) is 5.32 Å². The first kappa shape index (κ1) is 35.4. The van der Waals surface area contributed by atoms with Gasteiger partial charge in [-0.15, -0.1) is 10.1 Å². The van der Waals surface area contributed by atoms with Crippen LogP contribution in [0.25, 0.3) is 0 Å². The summed E-state index contributed by atoms with van der Waals surface area (Å²) >= 11 is 0. The minimum Gasteiger partial charge on any atom is -0.465 e. The SMILES string of the molecule is CCOC(=O)CNC(=O)[C@@]1(C)CC[C@]2(C)CC[C@]3(C)C(=CC(=O)[C@@H]4[C@@]5(C)CC[C@H](O[N+](=O)[O-])C(C)(C)[C@@H]5CC[C@]43C)[C@@H]2C1.CO. The topological polar surface area (TPSA) is 145 Å². The largest absolute Gasteiger partial charge is 0.465 e. The van der Waals surface area contributed by atoms with E-state index < -0.39 is 28.0 Å². The summed E-state index contributed by atoms with van der Waals surface area (Å²) in [5.74, 6) is -0.298. The van der Waals surface area contributed by atoms with Gasteiger partial charge in [0.15, 0.2) is 5.78 Å². The average Bonchev–Trinajstić information content (AvgIpc) is 2.96. The molecule has 1 amide bonds. The van der Waals surface area contributed by atoms with E-state index in [2.05, 4.69) is 46.9 Å². The van der Waals surface area contributed by atoms with Gasteiger partial charge in [-0.2, -0.15) is 0 Å². The zero-order chi connectivity index (χ0) is 33.8. The van der Waals surface area contributed by atoms with E-state index in [0.717, 1.165) is 52.1 Å². The molecule has 5 aliphatic carbocycles. The first-order valence-electron chi connectivity index (χ1n) is 16.8. The number of ether oxygens (including phenoxy) is 1. The highest BCUT2D eigenvalue weighted by molar-refractivity contribution is 5.96. The molecule has 0 aromatic rings. The summed E-state index contributed by atoms with van der Waals surface area (Å²) in [6, 6.07) is 0. The lowest BCUT2D eigenvalue weighted by molar-refractivity contribution is -0.774. The molecule has 0 radical (unpaired) electrons. The van der Waals surface area contributed by atoms with Crippen LogP contribution in [0.4, 0.5) is 0 Å². The molecule has 0 aromatic carbocycles. The van der Waals surface area contributed by atoms with Gasteiger partial charge in [-0.1, -0.05) is 54.0 Å². The van der Waals surface area contributed by atoms with E-state index in [0.29, 0.717) is 12.8 Å². The van der Waals surface area contributed by atoms with Gasteiger partial charge >= 0.3 is 5.97 Å². The smallest absolute Gasteiger partial charge is 0.325 e. The average molecular weight is 633 g/mol. The third kappa shape index (κ3) is 5.40. The molecule has 0 aliphatic heterocycles. The van der Waals surface area contributed by atoms with Crippen molar-refractivity contribution in [1.29, 1.82) is 0 Å². The molecule has 0 saturated heterocycles. The lowest BCUT2D eigenvalue weighted by Crippen LogP contribution is -2.67. The molecular formula is C35H56N2O8. The molecule has 0 heterocycles. The van der Waals surface area contributed by atoms with Gasteiger partial charge in [0.25, 0.3) is 5.09 Å². The molecule has 0 unspecified atom stereocenters. The maximum Gasteiger partial charge on any atom is 0.325 e. The molecule has 10 nitrogen and oxygen atoms in total. The Hall–Kier alpha value is -2.49. The van der Waals surface area contributed by atoms with Crippen molar-refractivity contribution in [2.75, 3.05) is 20.3 Å². The van der Waals surface area contributed by atoms with Gasteiger partial charge in [-0.3, -0.25) is 14.4 Å². The third-order valence-electron chi connectivity index (χ3n) is 14.0. The second-order valence-electron chi connectivity index (χ2n) is 16.4. The van der Waals surface area contributed by atoms with E-state index in [1.165, 1.54) is 5.57 Å². The predicted octanol–water partition coefficient (Wildman–Crippen LogP) is 5.83.